The van der Waals surface area contributed by atoms with Gasteiger partial charge in [0.05, 0.1) is 5.69 Å². The van der Waals surface area contributed by atoms with E-state index in [9.17, 15) is 0 Å². The Hall–Kier alpha value is -0.350. The summed E-state index contributed by atoms with van der Waals surface area (Å²) in [7, 11) is 0. The normalized spacial score (nSPS) is 9.75. The van der Waals surface area contributed by atoms with E-state index in [4.69, 9.17) is 10.2 Å². The zero-order chi connectivity index (χ0) is 5.98. The molecule has 0 radical (unpaired) electrons. The van der Waals surface area contributed by atoms with Crippen molar-refractivity contribution in [3.05, 3.63) is 16.8 Å². The number of halogens is 1. The van der Waals surface area contributed by atoms with Crippen molar-refractivity contribution in [3.63, 3.8) is 0 Å². The fourth-order valence-electron chi connectivity index (χ4n) is 0.376. The molecule has 1 aromatic rings. The molecule has 4 heteroatoms. The molecule has 0 atom stereocenters. The van der Waals surface area contributed by atoms with Crippen molar-refractivity contribution in [2.75, 3.05) is 0 Å². The van der Waals surface area contributed by atoms with Crippen LogP contribution >= 0.6 is 15.9 Å². The standard InChI is InChI=1S/C4H5BrN2O/c5-4-7-3(1-6)2-8-4/h2H,1,6H2. The molecule has 0 aliphatic rings. The van der Waals surface area contributed by atoms with Crippen LogP contribution in [-0.2, 0) is 6.54 Å². The molecule has 0 aliphatic carbocycles. The van der Waals surface area contributed by atoms with E-state index < -0.39 is 0 Å². The summed E-state index contributed by atoms with van der Waals surface area (Å²) in [5, 5.41) is 0. The fraction of sp³-hybridized carbons (Fsp3) is 0.250. The van der Waals surface area contributed by atoms with Gasteiger partial charge in [0.1, 0.15) is 6.26 Å². The fourth-order valence-corrected chi connectivity index (χ4v) is 0.697. The summed E-state index contributed by atoms with van der Waals surface area (Å²) >= 11 is 3.04. The van der Waals surface area contributed by atoms with Crippen LogP contribution in [0.2, 0.25) is 0 Å². The summed E-state index contributed by atoms with van der Waals surface area (Å²) in [6.45, 7) is 0.426. The van der Waals surface area contributed by atoms with Crippen molar-refractivity contribution in [2.24, 2.45) is 5.73 Å². The first-order chi connectivity index (χ1) is 3.83. The summed E-state index contributed by atoms with van der Waals surface area (Å²) in [6.07, 6.45) is 1.52. The molecule has 0 bridgehead atoms. The molecule has 0 fully saturated rings. The van der Waals surface area contributed by atoms with Gasteiger partial charge in [0.2, 0.25) is 0 Å². The molecule has 2 N–H and O–H groups in total. The highest BCUT2D eigenvalue weighted by atomic mass is 79.9. The van der Waals surface area contributed by atoms with E-state index in [0.29, 0.717) is 11.3 Å². The van der Waals surface area contributed by atoms with Crippen LogP contribution < -0.4 is 5.73 Å². The van der Waals surface area contributed by atoms with Crippen LogP contribution in [0.3, 0.4) is 0 Å². The largest absolute Gasteiger partial charge is 0.439 e. The monoisotopic (exact) mass is 176 g/mol. The number of hydrogen-bond acceptors (Lipinski definition) is 3. The van der Waals surface area contributed by atoms with Gasteiger partial charge in [-0.2, -0.15) is 0 Å². The van der Waals surface area contributed by atoms with Crippen LogP contribution in [0.15, 0.2) is 15.5 Å². The Balaban J connectivity index is 2.84. The molecule has 3 nitrogen and oxygen atoms in total. The molecule has 0 aromatic carbocycles. The number of nitrogens with two attached hydrogens (primary N) is 1. The zero-order valence-electron chi connectivity index (χ0n) is 4.10. The van der Waals surface area contributed by atoms with Crippen LogP contribution in [0.1, 0.15) is 5.69 Å². The van der Waals surface area contributed by atoms with Crippen molar-refractivity contribution < 1.29 is 4.42 Å². The number of nitrogens with zero attached hydrogens (tertiary/aromatic N) is 1. The topological polar surface area (TPSA) is 52.0 Å². The Morgan fingerprint density at radius 3 is 2.88 bits per heavy atom. The van der Waals surface area contributed by atoms with Gasteiger partial charge in [-0.05, 0) is 0 Å². The van der Waals surface area contributed by atoms with Crippen LogP contribution in [0.5, 0.6) is 0 Å². The van der Waals surface area contributed by atoms with Gasteiger partial charge in [0.15, 0.2) is 0 Å². The molecule has 0 saturated heterocycles. The lowest BCUT2D eigenvalue weighted by atomic mass is 10.5. The van der Waals surface area contributed by atoms with Gasteiger partial charge in [-0.15, -0.1) is 0 Å². The third kappa shape index (κ3) is 1.08. The second kappa shape index (κ2) is 2.28. The van der Waals surface area contributed by atoms with Crippen molar-refractivity contribution >= 4 is 15.9 Å². The minimum atomic E-state index is 0.426. The summed E-state index contributed by atoms with van der Waals surface area (Å²) in [5.41, 5.74) is 5.98. The van der Waals surface area contributed by atoms with Crippen molar-refractivity contribution in [1.29, 1.82) is 0 Å². The Bertz CT molecular complexity index is 174. The van der Waals surface area contributed by atoms with Gasteiger partial charge in [0, 0.05) is 22.5 Å². The SMILES string of the molecule is NCc1coc(Br)n1. The van der Waals surface area contributed by atoms with E-state index in [2.05, 4.69) is 20.9 Å². The molecule has 0 unspecified atom stereocenters. The molecule has 0 amide bonds. The van der Waals surface area contributed by atoms with E-state index in [-0.39, 0.29) is 0 Å². The smallest absolute Gasteiger partial charge is 0.264 e. The first-order valence-corrected chi connectivity index (χ1v) is 2.92. The van der Waals surface area contributed by atoms with E-state index >= 15 is 0 Å². The summed E-state index contributed by atoms with van der Waals surface area (Å²) < 4.78 is 4.78. The Morgan fingerprint density at radius 1 is 1.88 bits per heavy atom. The Labute approximate surface area is 55.0 Å². The predicted octanol–water partition coefficient (Wildman–Crippen LogP) is 0.896. The third-order valence-electron chi connectivity index (χ3n) is 0.733. The molecule has 1 rings (SSSR count). The lowest BCUT2D eigenvalue weighted by Gasteiger charge is -1.76. The molecule has 44 valence electrons. The third-order valence-corrected chi connectivity index (χ3v) is 1.10. The molecule has 1 heterocycles. The highest BCUT2D eigenvalue weighted by Crippen LogP contribution is 2.06. The first-order valence-electron chi connectivity index (χ1n) is 2.13. The molecule has 0 aliphatic heterocycles. The number of aromatic nitrogens is 1. The van der Waals surface area contributed by atoms with E-state index in [0.717, 1.165) is 5.69 Å². The van der Waals surface area contributed by atoms with Crippen LogP contribution in [0, 0.1) is 0 Å². The van der Waals surface area contributed by atoms with E-state index in [1.807, 2.05) is 0 Å². The minimum absolute atomic E-state index is 0.426. The number of hydrogen-bond donors (Lipinski definition) is 1. The lowest BCUT2D eigenvalue weighted by molar-refractivity contribution is 0.528. The molecule has 0 saturated carbocycles. The summed E-state index contributed by atoms with van der Waals surface area (Å²) in [4.78, 5) is 4.34. The van der Waals surface area contributed by atoms with E-state index in [1.165, 1.54) is 6.26 Å². The second-order valence-corrected chi connectivity index (χ2v) is 1.97. The lowest BCUT2D eigenvalue weighted by Crippen LogP contribution is -1.95. The van der Waals surface area contributed by atoms with Crippen LogP contribution in [-0.4, -0.2) is 4.98 Å². The number of rotatable bonds is 1. The average Bonchev–Trinajstić information content (AvgIpc) is 2.14. The highest BCUT2D eigenvalue weighted by molar-refractivity contribution is 9.10. The highest BCUT2D eigenvalue weighted by Gasteiger charge is 1.94. The summed E-state index contributed by atoms with van der Waals surface area (Å²) in [5.74, 6) is 0. The van der Waals surface area contributed by atoms with Crippen LogP contribution in [0.4, 0.5) is 0 Å². The molecule has 8 heavy (non-hydrogen) atoms. The maximum atomic E-state index is 5.22. The van der Waals surface area contributed by atoms with Gasteiger partial charge < -0.3 is 10.2 Å². The molecule has 0 spiro atoms. The van der Waals surface area contributed by atoms with Gasteiger partial charge in [-0.25, -0.2) is 4.98 Å². The van der Waals surface area contributed by atoms with Gasteiger partial charge in [0.25, 0.3) is 4.80 Å². The second-order valence-electron chi connectivity index (χ2n) is 1.30. The maximum absolute atomic E-state index is 5.22. The van der Waals surface area contributed by atoms with Crippen molar-refractivity contribution in [3.8, 4) is 0 Å². The number of oxazole rings is 1. The molecular weight excluding hydrogens is 172 g/mol. The average molecular weight is 177 g/mol. The molecule has 1 aromatic heterocycles. The van der Waals surface area contributed by atoms with Crippen LogP contribution in [0.25, 0.3) is 0 Å². The predicted molar refractivity (Wildman–Crippen MR) is 32.1 cm³/mol. The maximum Gasteiger partial charge on any atom is 0.264 e. The Kier molecular flexibility index (Phi) is 1.65. The zero-order valence-corrected chi connectivity index (χ0v) is 5.68. The van der Waals surface area contributed by atoms with Crippen molar-refractivity contribution in [2.45, 2.75) is 6.54 Å². The van der Waals surface area contributed by atoms with Gasteiger partial charge in [-0.3, -0.25) is 0 Å². The first kappa shape index (κ1) is 5.78. The molecular formula is C4H5BrN2O. The van der Waals surface area contributed by atoms with Gasteiger partial charge >= 0.3 is 0 Å². The Morgan fingerprint density at radius 2 is 2.62 bits per heavy atom. The van der Waals surface area contributed by atoms with Crippen molar-refractivity contribution in [1.82, 2.24) is 4.98 Å². The van der Waals surface area contributed by atoms with E-state index in [1.54, 1.807) is 0 Å². The van der Waals surface area contributed by atoms with Gasteiger partial charge in [-0.1, -0.05) is 0 Å². The quantitative estimate of drug-likeness (QED) is 0.693. The summed E-state index contributed by atoms with van der Waals surface area (Å²) in [6, 6.07) is 0. The minimum Gasteiger partial charge on any atom is -0.439 e.